The van der Waals surface area contributed by atoms with Gasteiger partial charge in [0.15, 0.2) is 0 Å². The third-order valence-electron chi connectivity index (χ3n) is 4.59. The SMILES string of the molecule is Cc1ccc(-c2nc3scc(-c4ccc(C)c(C)c4)c3c(=O)[nH]2)cc1. The van der Waals surface area contributed by atoms with Crippen LogP contribution in [0.5, 0.6) is 0 Å². The second-order valence-corrected chi connectivity index (χ2v) is 7.27. The number of benzene rings is 2. The number of nitrogens with one attached hydrogen (secondary N) is 1. The Morgan fingerprint density at radius 3 is 2.36 bits per heavy atom. The van der Waals surface area contributed by atoms with Gasteiger partial charge in [-0.25, -0.2) is 4.98 Å². The molecule has 25 heavy (non-hydrogen) atoms. The number of rotatable bonds is 2. The lowest BCUT2D eigenvalue weighted by Gasteiger charge is -2.05. The van der Waals surface area contributed by atoms with E-state index in [0.29, 0.717) is 11.2 Å². The predicted octanol–water partition coefficient (Wildman–Crippen LogP) is 5.24. The van der Waals surface area contributed by atoms with E-state index < -0.39 is 0 Å². The van der Waals surface area contributed by atoms with Crippen LogP contribution in [0.2, 0.25) is 0 Å². The maximum atomic E-state index is 12.8. The normalized spacial score (nSPS) is 11.2. The molecule has 0 aliphatic rings. The van der Waals surface area contributed by atoms with Gasteiger partial charge in [0.05, 0.1) is 5.39 Å². The van der Waals surface area contributed by atoms with Crippen molar-refractivity contribution in [2.45, 2.75) is 20.8 Å². The van der Waals surface area contributed by atoms with Gasteiger partial charge in [-0.15, -0.1) is 11.3 Å². The van der Waals surface area contributed by atoms with E-state index in [-0.39, 0.29) is 5.56 Å². The molecule has 0 bridgehead atoms. The average Bonchev–Trinajstić information content (AvgIpc) is 3.02. The highest BCUT2D eigenvalue weighted by atomic mass is 32.1. The van der Waals surface area contributed by atoms with Crippen molar-refractivity contribution in [2.24, 2.45) is 0 Å². The van der Waals surface area contributed by atoms with Crippen molar-refractivity contribution in [1.82, 2.24) is 9.97 Å². The van der Waals surface area contributed by atoms with E-state index in [1.165, 1.54) is 28.0 Å². The Bertz CT molecular complexity index is 1140. The number of hydrogen-bond acceptors (Lipinski definition) is 3. The highest BCUT2D eigenvalue weighted by Gasteiger charge is 2.14. The summed E-state index contributed by atoms with van der Waals surface area (Å²) in [6.07, 6.45) is 0. The number of thiophene rings is 1. The molecule has 0 unspecified atom stereocenters. The molecule has 3 nitrogen and oxygen atoms in total. The summed E-state index contributed by atoms with van der Waals surface area (Å²) in [5.41, 5.74) is 6.49. The Labute approximate surface area is 150 Å². The zero-order chi connectivity index (χ0) is 17.6. The second-order valence-electron chi connectivity index (χ2n) is 6.41. The molecule has 0 saturated heterocycles. The number of nitrogens with zero attached hydrogens (tertiary/aromatic N) is 1. The third kappa shape index (κ3) is 2.79. The number of aromatic amines is 1. The molecule has 0 atom stereocenters. The predicted molar refractivity (Wildman–Crippen MR) is 105 cm³/mol. The first-order chi connectivity index (χ1) is 12.0. The molecule has 0 fully saturated rings. The van der Waals surface area contributed by atoms with Crippen LogP contribution in [0.3, 0.4) is 0 Å². The zero-order valence-electron chi connectivity index (χ0n) is 14.4. The van der Waals surface area contributed by atoms with Crippen LogP contribution in [0.4, 0.5) is 0 Å². The molecule has 0 spiro atoms. The van der Waals surface area contributed by atoms with Crippen molar-refractivity contribution in [3.05, 3.63) is 74.9 Å². The lowest BCUT2D eigenvalue weighted by molar-refractivity contribution is 1.19. The fourth-order valence-corrected chi connectivity index (χ4v) is 3.87. The molecule has 0 aliphatic heterocycles. The minimum atomic E-state index is -0.0879. The largest absolute Gasteiger partial charge is 0.306 e. The van der Waals surface area contributed by atoms with Crippen LogP contribution >= 0.6 is 11.3 Å². The van der Waals surface area contributed by atoms with Crippen molar-refractivity contribution < 1.29 is 0 Å². The first-order valence-corrected chi connectivity index (χ1v) is 9.07. The monoisotopic (exact) mass is 346 g/mol. The van der Waals surface area contributed by atoms with Crippen molar-refractivity contribution in [3.8, 4) is 22.5 Å². The maximum absolute atomic E-state index is 12.8. The molecule has 124 valence electrons. The summed E-state index contributed by atoms with van der Waals surface area (Å²) in [5.74, 6) is 0.617. The van der Waals surface area contributed by atoms with Crippen molar-refractivity contribution in [2.75, 3.05) is 0 Å². The molecule has 0 aliphatic carbocycles. The lowest BCUT2D eigenvalue weighted by atomic mass is 10.0. The van der Waals surface area contributed by atoms with Gasteiger partial charge in [-0.05, 0) is 37.5 Å². The van der Waals surface area contributed by atoms with Crippen LogP contribution in [0.25, 0.3) is 32.7 Å². The van der Waals surface area contributed by atoms with E-state index in [4.69, 9.17) is 0 Å². The van der Waals surface area contributed by atoms with E-state index in [2.05, 4.69) is 42.0 Å². The van der Waals surface area contributed by atoms with Crippen LogP contribution in [0.1, 0.15) is 16.7 Å². The number of fused-ring (bicyclic) bond motifs is 1. The first-order valence-electron chi connectivity index (χ1n) is 8.19. The van der Waals surface area contributed by atoms with Gasteiger partial charge in [-0.1, -0.05) is 48.0 Å². The molecule has 2 aromatic carbocycles. The van der Waals surface area contributed by atoms with Crippen LogP contribution in [0, 0.1) is 20.8 Å². The molecule has 4 rings (SSSR count). The minimum absolute atomic E-state index is 0.0879. The Hall–Kier alpha value is -2.72. The summed E-state index contributed by atoms with van der Waals surface area (Å²) in [5, 5.41) is 2.69. The van der Waals surface area contributed by atoms with Gasteiger partial charge in [-0.3, -0.25) is 4.79 Å². The van der Waals surface area contributed by atoms with Gasteiger partial charge in [0, 0.05) is 16.5 Å². The summed E-state index contributed by atoms with van der Waals surface area (Å²) in [4.78, 5) is 21.2. The molecule has 2 aromatic heterocycles. The Morgan fingerprint density at radius 2 is 1.64 bits per heavy atom. The maximum Gasteiger partial charge on any atom is 0.260 e. The van der Waals surface area contributed by atoms with Gasteiger partial charge < -0.3 is 4.98 Å². The summed E-state index contributed by atoms with van der Waals surface area (Å²) < 4.78 is 0. The van der Waals surface area contributed by atoms with Gasteiger partial charge in [0.1, 0.15) is 10.7 Å². The Morgan fingerprint density at radius 1 is 0.920 bits per heavy atom. The van der Waals surface area contributed by atoms with E-state index in [1.54, 1.807) is 0 Å². The molecular formula is C21H18N2OS. The van der Waals surface area contributed by atoms with Gasteiger partial charge in [0.25, 0.3) is 5.56 Å². The summed E-state index contributed by atoms with van der Waals surface area (Å²) in [7, 11) is 0. The topological polar surface area (TPSA) is 45.8 Å². The van der Waals surface area contributed by atoms with Crippen LogP contribution < -0.4 is 5.56 Å². The molecule has 0 radical (unpaired) electrons. The van der Waals surface area contributed by atoms with Crippen LogP contribution in [-0.4, -0.2) is 9.97 Å². The van der Waals surface area contributed by atoms with Crippen molar-refractivity contribution in [1.29, 1.82) is 0 Å². The Balaban J connectivity index is 1.89. The molecular weight excluding hydrogens is 328 g/mol. The zero-order valence-corrected chi connectivity index (χ0v) is 15.2. The number of aromatic nitrogens is 2. The van der Waals surface area contributed by atoms with Gasteiger partial charge in [0.2, 0.25) is 0 Å². The van der Waals surface area contributed by atoms with Crippen molar-refractivity contribution >= 4 is 21.6 Å². The smallest absolute Gasteiger partial charge is 0.260 e. The second kappa shape index (κ2) is 5.97. The standard InChI is InChI=1S/C21H18N2OS/c1-12-4-7-15(8-5-12)19-22-20(24)18-17(11-25-21(18)23-19)16-9-6-13(2)14(3)10-16/h4-11H,1-3H3,(H,22,23,24). The molecule has 1 N–H and O–H groups in total. The quantitative estimate of drug-likeness (QED) is 0.539. The molecule has 2 heterocycles. The number of hydrogen-bond donors (Lipinski definition) is 1. The van der Waals surface area contributed by atoms with Crippen molar-refractivity contribution in [3.63, 3.8) is 0 Å². The Kier molecular flexibility index (Phi) is 3.77. The summed E-state index contributed by atoms with van der Waals surface area (Å²) in [6, 6.07) is 14.3. The van der Waals surface area contributed by atoms with E-state index >= 15 is 0 Å². The van der Waals surface area contributed by atoms with E-state index in [1.807, 2.05) is 36.6 Å². The highest BCUT2D eigenvalue weighted by Crippen LogP contribution is 2.32. The molecule has 0 amide bonds. The van der Waals surface area contributed by atoms with E-state index in [0.717, 1.165) is 21.5 Å². The summed E-state index contributed by atoms with van der Waals surface area (Å²) in [6.45, 7) is 6.22. The van der Waals surface area contributed by atoms with Gasteiger partial charge in [-0.2, -0.15) is 0 Å². The number of H-pyrrole nitrogens is 1. The highest BCUT2D eigenvalue weighted by molar-refractivity contribution is 7.17. The van der Waals surface area contributed by atoms with Gasteiger partial charge >= 0.3 is 0 Å². The van der Waals surface area contributed by atoms with Crippen LogP contribution in [-0.2, 0) is 0 Å². The van der Waals surface area contributed by atoms with E-state index in [9.17, 15) is 4.79 Å². The average molecular weight is 346 g/mol. The number of aryl methyl sites for hydroxylation is 3. The fourth-order valence-electron chi connectivity index (χ4n) is 2.92. The first kappa shape index (κ1) is 15.8. The summed E-state index contributed by atoms with van der Waals surface area (Å²) >= 11 is 1.51. The lowest BCUT2D eigenvalue weighted by Crippen LogP contribution is -2.09. The minimum Gasteiger partial charge on any atom is -0.306 e. The molecule has 4 heteroatoms. The molecule has 0 saturated carbocycles. The molecule has 4 aromatic rings. The third-order valence-corrected chi connectivity index (χ3v) is 5.46. The fraction of sp³-hybridized carbons (Fsp3) is 0.143. The van der Waals surface area contributed by atoms with Crippen LogP contribution in [0.15, 0.2) is 52.6 Å².